The van der Waals surface area contributed by atoms with Crippen molar-refractivity contribution in [3.63, 3.8) is 0 Å². The van der Waals surface area contributed by atoms with Gasteiger partial charge in [-0.1, -0.05) is 12.1 Å². The van der Waals surface area contributed by atoms with E-state index in [-0.39, 0.29) is 12.1 Å². The van der Waals surface area contributed by atoms with Crippen LogP contribution in [0.25, 0.3) is 21.8 Å². The molecule has 0 aliphatic carbocycles. The largest absolute Gasteiger partial charge is 0.393 e. The molecular weight excluding hydrogens is 376 g/mol. The maximum Gasteiger partial charge on any atom is 0.321 e. The van der Waals surface area contributed by atoms with E-state index in [2.05, 4.69) is 20.3 Å². The number of thiazole rings is 1. The minimum Gasteiger partial charge on any atom is -0.393 e. The number of carbonyl (C=O) groups excluding carboxylic acids is 1. The van der Waals surface area contributed by atoms with Gasteiger partial charge in [0.1, 0.15) is 17.2 Å². The Morgan fingerprint density at radius 1 is 1.32 bits per heavy atom. The number of amides is 2. The number of aliphatic hydroxyl groups excluding tert-OH is 1. The number of aromatic nitrogens is 3. The van der Waals surface area contributed by atoms with Gasteiger partial charge in [-0.05, 0) is 25.0 Å². The van der Waals surface area contributed by atoms with Crippen LogP contribution in [0, 0.1) is 0 Å². The molecule has 3 heterocycles. The smallest absolute Gasteiger partial charge is 0.321 e. The summed E-state index contributed by atoms with van der Waals surface area (Å²) in [6, 6.07) is 7.40. The molecule has 1 saturated heterocycles. The lowest BCUT2D eigenvalue weighted by Gasteiger charge is -2.29. The van der Waals surface area contributed by atoms with Crippen LogP contribution in [-0.4, -0.2) is 50.2 Å². The number of nitrogen functional groups attached to an aromatic ring is 1. The van der Waals surface area contributed by atoms with Crippen molar-refractivity contribution < 1.29 is 9.90 Å². The molecule has 3 aromatic rings. The quantitative estimate of drug-likeness (QED) is 0.627. The minimum atomic E-state index is -0.310. The van der Waals surface area contributed by atoms with Crippen LogP contribution < -0.4 is 11.1 Å². The predicted molar refractivity (Wildman–Crippen MR) is 109 cm³/mol. The Labute approximate surface area is 166 Å². The Morgan fingerprint density at radius 2 is 2.14 bits per heavy atom. The van der Waals surface area contributed by atoms with Crippen molar-refractivity contribution in [1.82, 2.24) is 19.9 Å². The second kappa shape index (κ2) is 7.91. The molecule has 0 unspecified atom stereocenters. The van der Waals surface area contributed by atoms with E-state index in [1.165, 1.54) is 17.7 Å². The number of hydrogen-bond acceptors (Lipinski definition) is 7. The Kier molecular flexibility index (Phi) is 5.18. The third-order valence-electron chi connectivity index (χ3n) is 4.64. The molecule has 9 heteroatoms. The Hall–Kier alpha value is -3.04. The fraction of sp³-hybridized carbons (Fsp3) is 0.263. The molecule has 4 rings (SSSR count). The first-order chi connectivity index (χ1) is 13.6. The summed E-state index contributed by atoms with van der Waals surface area (Å²) in [6.07, 6.45) is 3.97. The average molecular weight is 396 g/mol. The van der Waals surface area contributed by atoms with Crippen molar-refractivity contribution in [1.29, 1.82) is 0 Å². The van der Waals surface area contributed by atoms with Crippen molar-refractivity contribution in [2.45, 2.75) is 18.9 Å². The zero-order chi connectivity index (χ0) is 19.5. The number of likely N-dealkylation sites (tertiary alicyclic amines) is 1. The number of nitrogens with two attached hydrogens (primary N) is 1. The first-order valence-electron chi connectivity index (χ1n) is 8.96. The third-order valence-corrected chi connectivity index (χ3v) is 5.51. The van der Waals surface area contributed by atoms with Gasteiger partial charge in [0, 0.05) is 35.9 Å². The molecule has 8 nitrogen and oxygen atoms in total. The lowest BCUT2D eigenvalue weighted by Crippen LogP contribution is -2.42. The van der Waals surface area contributed by atoms with Crippen molar-refractivity contribution >= 4 is 28.9 Å². The van der Waals surface area contributed by atoms with Gasteiger partial charge in [-0.3, -0.25) is 0 Å². The maximum atomic E-state index is 12.4. The molecule has 1 aliphatic rings. The summed E-state index contributed by atoms with van der Waals surface area (Å²) in [5.41, 5.74) is 9.00. The van der Waals surface area contributed by atoms with Gasteiger partial charge < -0.3 is 21.1 Å². The van der Waals surface area contributed by atoms with E-state index in [1.54, 1.807) is 11.1 Å². The van der Waals surface area contributed by atoms with Crippen LogP contribution >= 0.6 is 11.3 Å². The Bertz CT molecular complexity index is 984. The first-order valence-corrected chi connectivity index (χ1v) is 9.84. The van der Waals surface area contributed by atoms with Gasteiger partial charge >= 0.3 is 6.03 Å². The third kappa shape index (κ3) is 3.95. The van der Waals surface area contributed by atoms with Crippen molar-refractivity contribution in [3.05, 3.63) is 42.2 Å². The standard InChI is InChI=1S/C19H20N6O2S/c20-17-15(9-21-11-22-17)18-24-16(10-28-18)12-2-1-3-13(8-12)23-19(27)25-6-4-14(26)5-7-25/h1-3,8-11,14,26H,4-7H2,(H,23,27)(H2,20,21,22). The highest BCUT2D eigenvalue weighted by molar-refractivity contribution is 7.13. The monoisotopic (exact) mass is 396 g/mol. The highest BCUT2D eigenvalue weighted by Crippen LogP contribution is 2.31. The van der Waals surface area contributed by atoms with Gasteiger partial charge in [0.2, 0.25) is 0 Å². The van der Waals surface area contributed by atoms with Gasteiger partial charge in [-0.25, -0.2) is 19.7 Å². The molecule has 2 aromatic heterocycles. The van der Waals surface area contributed by atoms with E-state index < -0.39 is 0 Å². The number of benzene rings is 1. The summed E-state index contributed by atoms with van der Waals surface area (Å²) in [5.74, 6) is 0.392. The van der Waals surface area contributed by atoms with E-state index in [9.17, 15) is 9.90 Å². The number of nitrogens with zero attached hydrogens (tertiary/aromatic N) is 4. The zero-order valence-corrected chi connectivity index (χ0v) is 15.9. The van der Waals surface area contributed by atoms with Gasteiger partial charge in [0.05, 0.1) is 17.4 Å². The number of aliphatic hydroxyl groups is 1. The Morgan fingerprint density at radius 3 is 2.93 bits per heavy atom. The number of nitrogens with one attached hydrogen (secondary N) is 1. The summed E-state index contributed by atoms with van der Waals surface area (Å²) in [6.45, 7) is 1.12. The number of anilines is 2. The molecule has 28 heavy (non-hydrogen) atoms. The summed E-state index contributed by atoms with van der Waals surface area (Å²) in [7, 11) is 0. The van der Waals surface area contributed by atoms with Gasteiger partial charge in [-0.15, -0.1) is 11.3 Å². The van der Waals surface area contributed by atoms with E-state index in [1.807, 2.05) is 29.6 Å². The highest BCUT2D eigenvalue weighted by atomic mass is 32.1. The second-order valence-electron chi connectivity index (χ2n) is 6.59. The normalized spacial score (nSPS) is 14.8. The lowest BCUT2D eigenvalue weighted by atomic mass is 10.1. The molecule has 1 aromatic carbocycles. The van der Waals surface area contributed by atoms with Crippen molar-refractivity contribution in [2.75, 3.05) is 24.1 Å². The van der Waals surface area contributed by atoms with Crippen LogP contribution in [0.1, 0.15) is 12.8 Å². The van der Waals surface area contributed by atoms with Crippen LogP contribution in [0.3, 0.4) is 0 Å². The SMILES string of the molecule is Nc1ncncc1-c1nc(-c2cccc(NC(=O)N3CCC(O)CC3)c2)cs1. The van der Waals surface area contributed by atoms with Crippen LogP contribution in [0.15, 0.2) is 42.2 Å². The van der Waals surface area contributed by atoms with Crippen LogP contribution in [0.5, 0.6) is 0 Å². The summed E-state index contributed by atoms with van der Waals surface area (Å²) < 4.78 is 0. The average Bonchev–Trinajstić information content (AvgIpc) is 3.19. The topological polar surface area (TPSA) is 117 Å². The summed E-state index contributed by atoms with van der Waals surface area (Å²) >= 11 is 1.46. The molecule has 4 N–H and O–H groups in total. The number of piperidine rings is 1. The van der Waals surface area contributed by atoms with Crippen molar-refractivity contribution in [3.8, 4) is 21.8 Å². The molecule has 0 saturated carbocycles. The van der Waals surface area contributed by atoms with Crippen molar-refractivity contribution in [2.24, 2.45) is 0 Å². The Balaban J connectivity index is 1.50. The van der Waals surface area contributed by atoms with Gasteiger partial charge in [0.25, 0.3) is 0 Å². The van der Waals surface area contributed by atoms with E-state index in [4.69, 9.17) is 5.73 Å². The van der Waals surface area contributed by atoms with Crippen LogP contribution in [0.2, 0.25) is 0 Å². The van der Waals surface area contributed by atoms with E-state index in [0.717, 1.165) is 16.3 Å². The molecule has 2 amide bonds. The molecular formula is C19H20N6O2S. The van der Waals surface area contributed by atoms with E-state index >= 15 is 0 Å². The summed E-state index contributed by atoms with van der Waals surface area (Å²) in [5, 5.41) is 15.2. The van der Waals surface area contributed by atoms with Gasteiger partial charge in [0.15, 0.2) is 0 Å². The second-order valence-corrected chi connectivity index (χ2v) is 7.45. The molecule has 0 radical (unpaired) electrons. The van der Waals surface area contributed by atoms with Crippen LogP contribution in [0.4, 0.5) is 16.3 Å². The molecule has 0 spiro atoms. The fourth-order valence-corrected chi connectivity index (χ4v) is 3.91. The number of rotatable bonds is 3. The fourth-order valence-electron chi connectivity index (χ4n) is 3.06. The maximum absolute atomic E-state index is 12.4. The molecule has 1 fully saturated rings. The number of urea groups is 1. The number of hydrogen-bond donors (Lipinski definition) is 3. The summed E-state index contributed by atoms with van der Waals surface area (Å²) in [4.78, 5) is 26.8. The number of carbonyl (C=O) groups is 1. The van der Waals surface area contributed by atoms with Gasteiger partial charge in [-0.2, -0.15) is 0 Å². The first kappa shape index (κ1) is 18.3. The molecule has 144 valence electrons. The minimum absolute atomic E-state index is 0.155. The van der Waals surface area contributed by atoms with E-state index in [0.29, 0.717) is 43.0 Å². The molecule has 0 atom stereocenters. The predicted octanol–water partition coefficient (Wildman–Crippen LogP) is 2.84. The molecule has 1 aliphatic heterocycles. The lowest BCUT2D eigenvalue weighted by molar-refractivity contribution is 0.0972. The highest BCUT2D eigenvalue weighted by Gasteiger charge is 2.21. The molecule has 0 bridgehead atoms. The zero-order valence-electron chi connectivity index (χ0n) is 15.1. The van der Waals surface area contributed by atoms with Crippen LogP contribution in [-0.2, 0) is 0 Å².